The molecule has 1 aliphatic heterocycles. The number of piperazine rings is 1. The molecule has 146 valence electrons. The molecule has 0 amide bonds. The minimum atomic E-state index is -0.452. The summed E-state index contributed by atoms with van der Waals surface area (Å²) < 4.78 is 1.61. The first kappa shape index (κ1) is 19.5. The molecule has 6 nitrogen and oxygen atoms in total. The van der Waals surface area contributed by atoms with E-state index in [1.807, 2.05) is 6.07 Å². The van der Waals surface area contributed by atoms with E-state index in [9.17, 15) is 9.90 Å². The second kappa shape index (κ2) is 7.79. The Bertz CT molecular complexity index is 651. The van der Waals surface area contributed by atoms with Gasteiger partial charge in [0.15, 0.2) is 0 Å². The molecular formula is C20H34N4O2. The second-order valence-electron chi connectivity index (χ2n) is 9.08. The van der Waals surface area contributed by atoms with Crippen molar-refractivity contribution < 1.29 is 5.11 Å². The van der Waals surface area contributed by atoms with E-state index in [1.165, 1.54) is 0 Å². The Kier molecular flexibility index (Phi) is 5.85. The SMILES string of the molecule is CC(C)(C)c1ccc(=O)n(CCN2CCN(CC3(O)CCCC3)CC2)n1. The normalized spacial score (nSPS) is 22.0. The summed E-state index contributed by atoms with van der Waals surface area (Å²) >= 11 is 0. The quantitative estimate of drug-likeness (QED) is 0.859. The lowest BCUT2D eigenvalue weighted by molar-refractivity contribution is -0.00487. The van der Waals surface area contributed by atoms with E-state index in [0.29, 0.717) is 6.54 Å². The molecule has 2 heterocycles. The lowest BCUT2D eigenvalue weighted by Gasteiger charge is -2.38. The molecule has 0 aromatic carbocycles. The van der Waals surface area contributed by atoms with Gasteiger partial charge in [-0.25, -0.2) is 4.68 Å². The lowest BCUT2D eigenvalue weighted by Crippen LogP contribution is -2.51. The topological polar surface area (TPSA) is 61.6 Å². The summed E-state index contributed by atoms with van der Waals surface area (Å²) in [4.78, 5) is 16.9. The van der Waals surface area contributed by atoms with Gasteiger partial charge < -0.3 is 5.11 Å². The Balaban J connectivity index is 1.49. The predicted octanol–water partition coefficient (Wildman–Crippen LogP) is 1.46. The van der Waals surface area contributed by atoms with Crippen molar-refractivity contribution >= 4 is 0 Å². The molecule has 2 aliphatic rings. The second-order valence-corrected chi connectivity index (χ2v) is 9.08. The third-order valence-corrected chi connectivity index (χ3v) is 5.78. The number of nitrogens with zero attached hydrogens (tertiary/aromatic N) is 4. The molecular weight excluding hydrogens is 328 g/mol. The highest BCUT2D eigenvalue weighted by Gasteiger charge is 2.33. The average molecular weight is 363 g/mol. The monoisotopic (exact) mass is 362 g/mol. The van der Waals surface area contributed by atoms with Crippen molar-refractivity contribution in [1.29, 1.82) is 0 Å². The predicted molar refractivity (Wildman–Crippen MR) is 103 cm³/mol. The highest BCUT2D eigenvalue weighted by atomic mass is 16.3. The van der Waals surface area contributed by atoms with Gasteiger partial charge in [-0.1, -0.05) is 33.6 Å². The van der Waals surface area contributed by atoms with Gasteiger partial charge in [0, 0.05) is 50.7 Å². The van der Waals surface area contributed by atoms with E-state index >= 15 is 0 Å². The van der Waals surface area contributed by atoms with Gasteiger partial charge in [0.1, 0.15) is 0 Å². The number of rotatable bonds is 5. The number of hydrogen-bond acceptors (Lipinski definition) is 5. The number of hydrogen-bond donors (Lipinski definition) is 1. The van der Waals surface area contributed by atoms with Crippen LogP contribution in [-0.2, 0) is 12.0 Å². The molecule has 0 atom stereocenters. The minimum Gasteiger partial charge on any atom is -0.389 e. The fraction of sp³-hybridized carbons (Fsp3) is 0.800. The zero-order valence-corrected chi connectivity index (χ0v) is 16.6. The van der Waals surface area contributed by atoms with Crippen LogP contribution in [0.3, 0.4) is 0 Å². The lowest BCUT2D eigenvalue weighted by atomic mass is 9.92. The van der Waals surface area contributed by atoms with Gasteiger partial charge in [0.05, 0.1) is 17.8 Å². The van der Waals surface area contributed by atoms with Crippen LogP contribution in [0.25, 0.3) is 0 Å². The van der Waals surface area contributed by atoms with Crippen molar-refractivity contribution in [2.75, 3.05) is 39.3 Å². The molecule has 0 radical (unpaired) electrons. The molecule has 6 heteroatoms. The van der Waals surface area contributed by atoms with E-state index in [1.54, 1.807) is 10.7 Å². The maximum absolute atomic E-state index is 12.1. The Morgan fingerprint density at radius 2 is 1.65 bits per heavy atom. The van der Waals surface area contributed by atoms with E-state index in [2.05, 4.69) is 35.7 Å². The zero-order valence-electron chi connectivity index (χ0n) is 16.6. The van der Waals surface area contributed by atoms with Crippen molar-refractivity contribution in [2.24, 2.45) is 0 Å². The minimum absolute atomic E-state index is 0.0277. The molecule has 1 saturated heterocycles. The summed E-state index contributed by atoms with van der Waals surface area (Å²) in [5, 5.41) is 15.1. The van der Waals surface area contributed by atoms with Gasteiger partial charge in [-0.05, 0) is 18.9 Å². The third-order valence-electron chi connectivity index (χ3n) is 5.78. The van der Waals surface area contributed by atoms with Crippen LogP contribution in [0.1, 0.15) is 52.1 Å². The molecule has 1 aliphatic carbocycles. The highest BCUT2D eigenvalue weighted by Crippen LogP contribution is 2.30. The van der Waals surface area contributed by atoms with Crippen molar-refractivity contribution in [3.63, 3.8) is 0 Å². The maximum Gasteiger partial charge on any atom is 0.266 e. The standard InChI is InChI=1S/C20H34N4O2/c1-19(2,3)17-6-7-18(25)24(21-17)15-14-22-10-12-23(13-11-22)16-20(26)8-4-5-9-20/h6-7,26H,4-5,8-16H2,1-3H3. The number of β-amino-alcohol motifs (C(OH)–C–C–N with tert-alkyl or cyclic N) is 1. The van der Waals surface area contributed by atoms with Crippen molar-refractivity contribution in [1.82, 2.24) is 19.6 Å². The highest BCUT2D eigenvalue weighted by molar-refractivity contribution is 5.10. The molecule has 1 saturated carbocycles. The molecule has 0 unspecified atom stereocenters. The van der Waals surface area contributed by atoms with Gasteiger partial charge >= 0.3 is 0 Å². The Labute approximate surface area is 156 Å². The van der Waals surface area contributed by atoms with Crippen molar-refractivity contribution in [2.45, 2.75) is 64.0 Å². The Hall–Kier alpha value is -1.24. The fourth-order valence-corrected chi connectivity index (χ4v) is 4.02. The molecule has 1 aromatic rings. The molecule has 0 bridgehead atoms. The van der Waals surface area contributed by atoms with E-state index in [4.69, 9.17) is 0 Å². The fourth-order valence-electron chi connectivity index (χ4n) is 4.02. The molecule has 1 N–H and O–H groups in total. The van der Waals surface area contributed by atoms with Gasteiger partial charge in [-0.15, -0.1) is 0 Å². The van der Waals surface area contributed by atoms with Crippen LogP contribution >= 0.6 is 0 Å². The first-order valence-electron chi connectivity index (χ1n) is 10.0. The molecule has 3 rings (SSSR count). The average Bonchev–Trinajstić information content (AvgIpc) is 3.00. The van der Waals surface area contributed by atoms with Crippen LogP contribution in [0.2, 0.25) is 0 Å². The van der Waals surface area contributed by atoms with Crippen LogP contribution < -0.4 is 5.56 Å². The number of aliphatic hydroxyl groups is 1. The van der Waals surface area contributed by atoms with Crippen LogP contribution in [0, 0.1) is 0 Å². The van der Waals surface area contributed by atoms with Gasteiger partial charge in [0.25, 0.3) is 5.56 Å². The first-order valence-corrected chi connectivity index (χ1v) is 10.0. The smallest absolute Gasteiger partial charge is 0.266 e. The largest absolute Gasteiger partial charge is 0.389 e. The number of aromatic nitrogens is 2. The van der Waals surface area contributed by atoms with Gasteiger partial charge in [-0.3, -0.25) is 14.6 Å². The van der Waals surface area contributed by atoms with Gasteiger partial charge in [-0.2, -0.15) is 5.10 Å². The summed E-state index contributed by atoms with van der Waals surface area (Å²) in [5.41, 5.74) is 0.417. The summed E-state index contributed by atoms with van der Waals surface area (Å²) in [6.07, 6.45) is 4.22. The summed E-state index contributed by atoms with van der Waals surface area (Å²) in [5.74, 6) is 0. The van der Waals surface area contributed by atoms with E-state index in [0.717, 1.165) is 70.6 Å². The summed E-state index contributed by atoms with van der Waals surface area (Å²) in [7, 11) is 0. The third kappa shape index (κ3) is 4.93. The van der Waals surface area contributed by atoms with Crippen LogP contribution in [0.15, 0.2) is 16.9 Å². The Morgan fingerprint density at radius 3 is 2.27 bits per heavy atom. The van der Waals surface area contributed by atoms with E-state index in [-0.39, 0.29) is 11.0 Å². The van der Waals surface area contributed by atoms with Crippen LogP contribution in [0.4, 0.5) is 0 Å². The van der Waals surface area contributed by atoms with Crippen molar-refractivity contribution in [3.8, 4) is 0 Å². The summed E-state index contributed by atoms with van der Waals surface area (Å²) in [6, 6.07) is 3.47. The molecule has 0 spiro atoms. The van der Waals surface area contributed by atoms with Crippen LogP contribution in [-0.4, -0.2) is 69.6 Å². The van der Waals surface area contributed by atoms with Crippen molar-refractivity contribution in [3.05, 3.63) is 28.2 Å². The molecule has 26 heavy (non-hydrogen) atoms. The van der Waals surface area contributed by atoms with Gasteiger partial charge in [0.2, 0.25) is 0 Å². The van der Waals surface area contributed by atoms with Crippen LogP contribution in [0.5, 0.6) is 0 Å². The zero-order chi connectivity index (χ0) is 18.8. The molecule has 2 fully saturated rings. The molecule has 1 aromatic heterocycles. The van der Waals surface area contributed by atoms with E-state index < -0.39 is 5.60 Å². The Morgan fingerprint density at radius 1 is 1.04 bits per heavy atom. The maximum atomic E-state index is 12.1. The summed E-state index contributed by atoms with van der Waals surface area (Å²) in [6.45, 7) is 12.6. The first-order chi connectivity index (χ1) is 12.3.